The fourth-order valence-electron chi connectivity index (χ4n) is 1.46. The molecule has 2 aromatic rings. The van der Waals surface area contributed by atoms with Crippen LogP contribution in [0.15, 0.2) is 42.6 Å². The second kappa shape index (κ2) is 5.18. The third-order valence-corrected chi connectivity index (χ3v) is 2.34. The summed E-state index contributed by atoms with van der Waals surface area (Å²) in [7, 11) is 1.53. The first-order valence-electron chi connectivity index (χ1n) is 5.42. The molecule has 18 heavy (non-hydrogen) atoms. The van der Waals surface area contributed by atoms with Gasteiger partial charge in [0.05, 0.1) is 5.69 Å². The van der Waals surface area contributed by atoms with Crippen molar-refractivity contribution in [1.29, 1.82) is 0 Å². The predicted octanol–water partition coefficient (Wildman–Crippen LogP) is 1.82. The molecule has 0 aliphatic carbocycles. The lowest BCUT2D eigenvalue weighted by Crippen LogP contribution is -2.20. The average Bonchev–Trinajstić information content (AvgIpc) is 2.41. The zero-order chi connectivity index (χ0) is 13.0. The van der Waals surface area contributed by atoms with E-state index in [1.807, 2.05) is 18.2 Å². The van der Waals surface area contributed by atoms with E-state index in [1.54, 1.807) is 18.2 Å². The molecule has 3 N–H and O–H groups in total. The van der Waals surface area contributed by atoms with Gasteiger partial charge in [-0.15, -0.1) is 0 Å². The monoisotopic (exact) mass is 243 g/mol. The number of nitrogen functional groups attached to an aromatic ring is 1. The Balaban J connectivity index is 2.40. The van der Waals surface area contributed by atoms with Crippen molar-refractivity contribution in [1.82, 2.24) is 10.3 Å². The third-order valence-electron chi connectivity index (χ3n) is 2.34. The number of benzene rings is 1. The number of para-hydroxylation sites is 1. The maximum absolute atomic E-state index is 11.7. The van der Waals surface area contributed by atoms with Crippen LogP contribution in [0.3, 0.4) is 0 Å². The summed E-state index contributed by atoms with van der Waals surface area (Å²) >= 11 is 0. The highest BCUT2D eigenvalue weighted by molar-refractivity contribution is 5.96. The summed E-state index contributed by atoms with van der Waals surface area (Å²) in [5.41, 5.74) is 6.35. The Kier molecular flexibility index (Phi) is 3.43. The van der Waals surface area contributed by atoms with Gasteiger partial charge in [-0.05, 0) is 18.2 Å². The molecule has 0 atom stereocenters. The van der Waals surface area contributed by atoms with Crippen LogP contribution in [0.4, 0.5) is 5.69 Å². The standard InChI is InChI=1S/C13H13N3O2/c1-15-13(17)11-12(10(14)7-8-16-11)18-9-5-3-2-4-6-9/h2-8H,1H3,(H2,14,16)(H,15,17). The van der Waals surface area contributed by atoms with Gasteiger partial charge in [-0.2, -0.15) is 0 Å². The quantitative estimate of drug-likeness (QED) is 0.862. The lowest BCUT2D eigenvalue weighted by atomic mass is 10.2. The molecule has 1 amide bonds. The van der Waals surface area contributed by atoms with Crippen molar-refractivity contribution < 1.29 is 9.53 Å². The number of rotatable bonds is 3. The van der Waals surface area contributed by atoms with E-state index in [0.29, 0.717) is 11.4 Å². The van der Waals surface area contributed by atoms with Crippen LogP contribution in [0.5, 0.6) is 11.5 Å². The van der Waals surface area contributed by atoms with Gasteiger partial charge in [0.2, 0.25) is 0 Å². The number of hydrogen-bond donors (Lipinski definition) is 2. The summed E-state index contributed by atoms with van der Waals surface area (Å²) in [4.78, 5) is 15.7. The fraction of sp³-hybridized carbons (Fsp3) is 0.0769. The number of carbonyl (C=O) groups is 1. The second-order valence-corrected chi connectivity index (χ2v) is 3.57. The Hall–Kier alpha value is -2.56. The molecular weight excluding hydrogens is 230 g/mol. The van der Waals surface area contributed by atoms with Crippen molar-refractivity contribution in [3.05, 3.63) is 48.3 Å². The van der Waals surface area contributed by atoms with Crippen LogP contribution in [0.1, 0.15) is 10.5 Å². The van der Waals surface area contributed by atoms with Crippen LogP contribution in [0, 0.1) is 0 Å². The van der Waals surface area contributed by atoms with E-state index in [4.69, 9.17) is 10.5 Å². The van der Waals surface area contributed by atoms with E-state index >= 15 is 0 Å². The molecule has 0 radical (unpaired) electrons. The first-order valence-corrected chi connectivity index (χ1v) is 5.42. The van der Waals surface area contributed by atoms with Gasteiger partial charge >= 0.3 is 0 Å². The van der Waals surface area contributed by atoms with Crippen LogP contribution in [-0.2, 0) is 0 Å². The number of ether oxygens (including phenoxy) is 1. The highest BCUT2D eigenvalue weighted by Crippen LogP contribution is 2.29. The van der Waals surface area contributed by atoms with Gasteiger partial charge in [-0.25, -0.2) is 4.98 Å². The van der Waals surface area contributed by atoms with Crippen molar-refractivity contribution in [2.45, 2.75) is 0 Å². The van der Waals surface area contributed by atoms with Crippen molar-refractivity contribution in [3.63, 3.8) is 0 Å². The van der Waals surface area contributed by atoms with Crippen LogP contribution in [-0.4, -0.2) is 17.9 Å². The van der Waals surface area contributed by atoms with E-state index in [-0.39, 0.29) is 17.4 Å². The summed E-state index contributed by atoms with van der Waals surface area (Å²) in [5, 5.41) is 2.50. The predicted molar refractivity (Wildman–Crippen MR) is 68.6 cm³/mol. The number of pyridine rings is 1. The molecule has 0 aliphatic rings. The highest BCUT2D eigenvalue weighted by atomic mass is 16.5. The van der Waals surface area contributed by atoms with Gasteiger partial charge in [-0.3, -0.25) is 4.79 Å². The molecule has 0 saturated heterocycles. The molecule has 1 aromatic heterocycles. The van der Waals surface area contributed by atoms with Crippen molar-refractivity contribution in [3.8, 4) is 11.5 Å². The Morgan fingerprint density at radius 2 is 2.00 bits per heavy atom. The third kappa shape index (κ3) is 2.40. The minimum atomic E-state index is -0.340. The summed E-state index contributed by atoms with van der Waals surface area (Å²) in [5.74, 6) is 0.527. The number of aromatic nitrogens is 1. The van der Waals surface area contributed by atoms with Gasteiger partial charge in [0.1, 0.15) is 5.75 Å². The molecule has 5 nitrogen and oxygen atoms in total. The first kappa shape index (κ1) is 11.9. The molecule has 5 heteroatoms. The number of amides is 1. The van der Waals surface area contributed by atoms with Gasteiger partial charge in [0.25, 0.3) is 5.91 Å². The highest BCUT2D eigenvalue weighted by Gasteiger charge is 2.16. The molecule has 1 heterocycles. The summed E-state index contributed by atoms with van der Waals surface area (Å²) < 4.78 is 5.61. The average molecular weight is 243 g/mol. The summed E-state index contributed by atoms with van der Waals surface area (Å²) in [6, 6.07) is 10.7. The number of nitrogens with two attached hydrogens (primary N) is 1. The molecule has 0 spiro atoms. The molecule has 0 aliphatic heterocycles. The molecule has 0 saturated carbocycles. The first-order chi connectivity index (χ1) is 8.72. The number of anilines is 1. The SMILES string of the molecule is CNC(=O)c1nccc(N)c1Oc1ccccc1. The minimum Gasteiger partial charge on any atom is -0.453 e. The number of hydrogen-bond acceptors (Lipinski definition) is 4. The Morgan fingerprint density at radius 3 is 2.67 bits per heavy atom. The van der Waals surface area contributed by atoms with Crippen molar-refractivity contribution >= 4 is 11.6 Å². The van der Waals surface area contributed by atoms with Crippen molar-refractivity contribution in [2.24, 2.45) is 0 Å². The van der Waals surface area contributed by atoms with Crippen LogP contribution in [0.25, 0.3) is 0 Å². The summed E-state index contributed by atoms with van der Waals surface area (Å²) in [6.07, 6.45) is 1.47. The fourth-order valence-corrected chi connectivity index (χ4v) is 1.46. The number of nitrogens with zero attached hydrogens (tertiary/aromatic N) is 1. The lowest BCUT2D eigenvalue weighted by molar-refractivity contribution is 0.0955. The Bertz CT molecular complexity index is 555. The smallest absolute Gasteiger partial charge is 0.273 e. The largest absolute Gasteiger partial charge is 0.453 e. The van der Waals surface area contributed by atoms with Gasteiger partial charge in [-0.1, -0.05) is 18.2 Å². The lowest BCUT2D eigenvalue weighted by Gasteiger charge is -2.11. The molecular formula is C13H13N3O2. The molecule has 0 bridgehead atoms. The normalized spacial score (nSPS) is 9.83. The van der Waals surface area contributed by atoms with E-state index in [1.165, 1.54) is 13.2 Å². The molecule has 92 valence electrons. The van der Waals surface area contributed by atoms with E-state index in [0.717, 1.165) is 0 Å². The Morgan fingerprint density at radius 1 is 1.28 bits per heavy atom. The molecule has 1 aromatic carbocycles. The Labute approximate surface area is 105 Å². The van der Waals surface area contributed by atoms with E-state index in [2.05, 4.69) is 10.3 Å². The minimum absolute atomic E-state index is 0.168. The van der Waals surface area contributed by atoms with Gasteiger partial charge < -0.3 is 15.8 Å². The van der Waals surface area contributed by atoms with E-state index in [9.17, 15) is 4.79 Å². The van der Waals surface area contributed by atoms with Gasteiger partial charge in [0.15, 0.2) is 11.4 Å². The van der Waals surface area contributed by atoms with Crippen LogP contribution in [0.2, 0.25) is 0 Å². The van der Waals surface area contributed by atoms with Crippen LogP contribution >= 0.6 is 0 Å². The van der Waals surface area contributed by atoms with Crippen LogP contribution < -0.4 is 15.8 Å². The van der Waals surface area contributed by atoms with Gasteiger partial charge in [0, 0.05) is 13.2 Å². The topological polar surface area (TPSA) is 77.2 Å². The number of nitrogens with one attached hydrogen (secondary N) is 1. The maximum Gasteiger partial charge on any atom is 0.273 e. The maximum atomic E-state index is 11.7. The zero-order valence-corrected chi connectivity index (χ0v) is 9.88. The zero-order valence-electron chi connectivity index (χ0n) is 9.88. The summed E-state index contributed by atoms with van der Waals surface area (Å²) in [6.45, 7) is 0. The molecule has 2 rings (SSSR count). The molecule has 0 fully saturated rings. The van der Waals surface area contributed by atoms with Crippen molar-refractivity contribution in [2.75, 3.05) is 12.8 Å². The molecule has 0 unspecified atom stereocenters. The number of carbonyl (C=O) groups excluding carboxylic acids is 1. The second-order valence-electron chi connectivity index (χ2n) is 3.57. The van der Waals surface area contributed by atoms with E-state index < -0.39 is 0 Å².